The van der Waals surface area contributed by atoms with Gasteiger partial charge in [0.2, 0.25) is 5.91 Å². The highest BCUT2D eigenvalue weighted by Crippen LogP contribution is 2.37. The molecule has 1 aliphatic rings. The van der Waals surface area contributed by atoms with Crippen molar-refractivity contribution in [3.63, 3.8) is 0 Å². The Bertz CT molecular complexity index is 428. The van der Waals surface area contributed by atoms with Crippen LogP contribution in [-0.2, 0) is 4.79 Å². The summed E-state index contributed by atoms with van der Waals surface area (Å²) in [6, 6.07) is 8.26. The lowest BCUT2D eigenvalue weighted by atomic mass is 9.95. The van der Waals surface area contributed by atoms with E-state index < -0.39 is 0 Å². The van der Waals surface area contributed by atoms with E-state index in [-0.39, 0.29) is 24.2 Å². The second kappa shape index (κ2) is 9.27. The van der Waals surface area contributed by atoms with Gasteiger partial charge in [-0.25, -0.2) is 0 Å². The maximum Gasteiger partial charge on any atom is 0.227 e. The predicted octanol–water partition coefficient (Wildman–Crippen LogP) is 2.80. The highest BCUT2D eigenvalue weighted by Gasteiger charge is 2.26. The molecule has 2 N–H and O–H groups in total. The van der Waals surface area contributed by atoms with Crippen LogP contribution in [0.1, 0.15) is 31.2 Å². The summed E-state index contributed by atoms with van der Waals surface area (Å²) in [4.78, 5) is 13.5. The molecule has 0 bridgehead atoms. The van der Waals surface area contributed by atoms with E-state index in [4.69, 9.17) is 0 Å². The molecule has 2 rings (SSSR count). The summed E-state index contributed by atoms with van der Waals surface area (Å²) in [5.74, 6) is 1.23. The standard InChI is InChI=1S/C15H22N2OS.ClH/c1-2-8-16-9-10-17-15(18)13-7-11-19-14-6-4-3-5-12(13)14;/h3-6,13,16H,2,7-11H2,1H3,(H,17,18);1H. The fourth-order valence-electron chi connectivity index (χ4n) is 2.31. The van der Waals surface area contributed by atoms with Gasteiger partial charge >= 0.3 is 0 Å². The van der Waals surface area contributed by atoms with Gasteiger partial charge in [-0.2, -0.15) is 0 Å². The number of benzene rings is 1. The quantitative estimate of drug-likeness (QED) is 0.793. The Hall–Kier alpha value is -0.710. The Morgan fingerprint density at radius 2 is 2.10 bits per heavy atom. The lowest BCUT2D eigenvalue weighted by molar-refractivity contribution is -0.122. The van der Waals surface area contributed by atoms with E-state index in [0.29, 0.717) is 6.54 Å². The van der Waals surface area contributed by atoms with E-state index in [1.807, 2.05) is 23.9 Å². The second-order valence-electron chi connectivity index (χ2n) is 4.77. The maximum atomic E-state index is 12.2. The minimum absolute atomic E-state index is 0. The zero-order valence-corrected chi connectivity index (χ0v) is 13.5. The Labute approximate surface area is 131 Å². The Morgan fingerprint density at radius 1 is 1.30 bits per heavy atom. The lowest BCUT2D eigenvalue weighted by Crippen LogP contribution is -2.36. The monoisotopic (exact) mass is 314 g/mol. The summed E-state index contributed by atoms with van der Waals surface area (Å²) in [5.41, 5.74) is 1.19. The van der Waals surface area contributed by atoms with Crippen LogP contribution in [0, 0.1) is 0 Å². The van der Waals surface area contributed by atoms with E-state index in [1.165, 1.54) is 10.5 Å². The molecule has 5 heteroatoms. The van der Waals surface area contributed by atoms with Crippen LogP contribution in [0.2, 0.25) is 0 Å². The number of hydrogen-bond donors (Lipinski definition) is 2. The molecule has 1 amide bonds. The molecule has 20 heavy (non-hydrogen) atoms. The van der Waals surface area contributed by atoms with Crippen molar-refractivity contribution in [1.82, 2.24) is 10.6 Å². The van der Waals surface area contributed by atoms with Crippen LogP contribution >= 0.6 is 24.2 Å². The number of fused-ring (bicyclic) bond motifs is 1. The second-order valence-corrected chi connectivity index (χ2v) is 5.91. The molecule has 0 radical (unpaired) electrons. The van der Waals surface area contributed by atoms with Crippen molar-refractivity contribution in [3.8, 4) is 0 Å². The number of carbonyl (C=O) groups excluding carboxylic acids is 1. The van der Waals surface area contributed by atoms with Crippen molar-refractivity contribution in [2.45, 2.75) is 30.6 Å². The predicted molar refractivity (Wildman–Crippen MR) is 87.9 cm³/mol. The van der Waals surface area contributed by atoms with Crippen LogP contribution in [0.3, 0.4) is 0 Å². The topological polar surface area (TPSA) is 41.1 Å². The molecule has 112 valence electrons. The summed E-state index contributed by atoms with van der Waals surface area (Å²) in [5, 5.41) is 6.34. The third-order valence-corrected chi connectivity index (χ3v) is 4.43. The summed E-state index contributed by atoms with van der Waals surface area (Å²) in [6.07, 6.45) is 2.07. The van der Waals surface area contributed by atoms with Crippen molar-refractivity contribution in [3.05, 3.63) is 29.8 Å². The van der Waals surface area contributed by atoms with Gasteiger partial charge in [-0.1, -0.05) is 25.1 Å². The van der Waals surface area contributed by atoms with Crippen molar-refractivity contribution in [1.29, 1.82) is 0 Å². The molecule has 0 fully saturated rings. The van der Waals surface area contributed by atoms with Crippen molar-refractivity contribution in [2.75, 3.05) is 25.4 Å². The third kappa shape index (κ3) is 4.69. The van der Waals surface area contributed by atoms with Crippen LogP contribution < -0.4 is 10.6 Å². The number of nitrogens with one attached hydrogen (secondary N) is 2. The number of amides is 1. The third-order valence-electron chi connectivity index (χ3n) is 3.30. The largest absolute Gasteiger partial charge is 0.354 e. The van der Waals surface area contributed by atoms with Gasteiger partial charge in [0, 0.05) is 18.0 Å². The van der Waals surface area contributed by atoms with Gasteiger partial charge in [0.15, 0.2) is 0 Å². The molecule has 0 spiro atoms. The first-order chi connectivity index (χ1) is 9.33. The Morgan fingerprint density at radius 3 is 2.90 bits per heavy atom. The van der Waals surface area contributed by atoms with Crippen LogP contribution in [0.25, 0.3) is 0 Å². The van der Waals surface area contributed by atoms with Gasteiger partial charge in [-0.05, 0) is 36.8 Å². The van der Waals surface area contributed by atoms with Crippen LogP contribution in [-0.4, -0.2) is 31.3 Å². The zero-order valence-electron chi connectivity index (χ0n) is 11.9. The molecule has 1 aromatic carbocycles. The molecule has 1 atom stereocenters. The van der Waals surface area contributed by atoms with Gasteiger partial charge in [0.1, 0.15) is 0 Å². The average molecular weight is 315 g/mol. The normalized spacial score (nSPS) is 16.9. The summed E-state index contributed by atoms with van der Waals surface area (Å²) in [6.45, 7) is 4.72. The molecule has 1 aromatic rings. The summed E-state index contributed by atoms with van der Waals surface area (Å²) < 4.78 is 0. The highest BCUT2D eigenvalue weighted by atomic mass is 35.5. The summed E-state index contributed by atoms with van der Waals surface area (Å²) >= 11 is 1.85. The fourth-order valence-corrected chi connectivity index (χ4v) is 3.44. The molecule has 0 aliphatic carbocycles. The first-order valence-electron chi connectivity index (χ1n) is 7.03. The molecular weight excluding hydrogens is 292 g/mol. The lowest BCUT2D eigenvalue weighted by Gasteiger charge is -2.24. The number of thioether (sulfide) groups is 1. The van der Waals surface area contributed by atoms with E-state index in [1.54, 1.807) is 0 Å². The molecule has 3 nitrogen and oxygen atoms in total. The highest BCUT2D eigenvalue weighted by molar-refractivity contribution is 7.99. The van der Waals surface area contributed by atoms with Crippen molar-refractivity contribution >= 4 is 30.1 Å². The van der Waals surface area contributed by atoms with Gasteiger partial charge in [-0.3, -0.25) is 4.79 Å². The van der Waals surface area contributed by atoms with E-state index in [0.717, 1.165) is 31.7 Å². The van der Waals surface area contributed by atoms with E-state index in [9.17, 15) is 4.79 Å². The number of rotatable bonds is 6. The number of carbonyl (C=O) groups is 1. The Balaban J connectivity index is 0.00000200. The molecule has 0 aromatic heterocycles. The average Bonchev–Trinajstić information content (AvgIpc) is 2.46. The van der Waals surface area contributed by atoms with Gasteiger partial charge in [0.25, 0.3) is 0 Å². The van der Waals surface area contributed by atoms with E-state index in [2.05, 4.69) is 29.7 Å². The van der Waals surface area contributed by atoms with Crippen molar-refractivity contribution < 1.29 is 4.79 Å². The number of halogens is 1. The molecule has 0 saturated heterocycles. The maximum absolute atomic E-state index is 12.2. The van der Waals surface area contributed by atoms with Crippen molar-refractivity contribution in [2.24, 2.45) is 0 Å². The minimum Gasteiger partial charge on any atom is -0.354 e. The van der Waals surface area contributed by atoms with Gasteiger partial charge < -0.3 is 10.6 Å². The molecule has 1 heterocycles. The zero-order chi connectivity index (χ0) is 13.5. The van der Waals surface area contributed by atoms with Gasteiger partial charge in [-0.15, -0.1) is 24.2 Å². The minimum atomic E-state index is 0. The van der Waals surface area contributed by atoms with Crippen LogP contribution in [0.15, 0.2) is 29.2 Å². The first kappa shape index (κ1) is 17.3. The molecule has 1 unspecified atom stereocenters. The first-order valence-corrected chi connectivity index (χ1v) is 8.01. The summed E-state index contributed by atoms with van der Waals surface area (Å²) in [7, 11) is 0. The number of hydrogen-bond acceptors (Lipinski definition) is 3. The Kier molecular flexibility index (Phi) is 8.04. The van der Waals surface area contributed by atoms with Gasteiger partial charge in [0.05, 0.1) is 5.92 Å². The van der Waals surface area contributed by atoms with Crippen LogP contribution in [0.4, 0.5) is 0 Å². The molecular formula is C15H23ClN2OS. The molecule has 0 saturated carbocycles. The van der Waals surface area contributed by atoms with Crippen LogP contribution in [0.5, 0.6) is 0 Å². The SMILES string of the molecule is CCCNCCNC(=O)C1CCSc2ccccc21.Cl. The smallest absolute Gasteiger partial charge is 0.227 e. The molecule has 1 aliphatic heterocycles. The van der Waals surface area contributed by atoms with E-state index >= 15 is 0 Å². The fraction of sp³-hybridized carbons (Fsp3) is 0.533.